The molecule has 1 saturated heterocycles. The molecule has 0 aromatic heterocycles. The lowest BCUT2D eigenvalue weighted by molar-refractivity contribution is -0.178. The average Bonchev–Trinajstić information content (AvgIpc) is 2.89. The molecule has 1 unspecified atom stereocenters. The molecule has 0 N–H and O–H groups in total. The van der Waals surface area contributed by atoms with Crippen molar-refractivity contribution in [2.24, 2.45) is 0 Å². The number of halogens is 1. The van der Waals surface area contributed by atoms with Crippen molar-refractivity contribution in [3.05, 3.63) is 41.7 Å². The minimum absolute atomic E-state index is 0.305. The third-order valence-corrected chi connectivity index (χ3v) is 3.08. The number of hydrogen-bond donors (Lipinski definition) is 0. The van der Waals surface area contributed by atoms with Crippen LogP contribution in [0.5, 0.6) is 0 Å². The van der Waals surface area contributed by atoms with E-state index in [1.807, 2.05) is 0 Å². The number of hydrogen-bond acceptors (Lipinski definition) is 3. The van der Waals surface area contributed by atoms with Gasteiger partial charge in [-0.25, -0.2) is 9.18 Å². The number of ether oxygens (including phenoxy) is 2. The highest BCUT2D eigenvalue weighted by Gasteiger charge is 2.47. The highest BCUT2D eigenvalue weighted by molar-refractivity contribution is 5.98. The number of rotatable bonds is 1. The summed E-state index contributed by atoms with van der Waals surface area (Å²) in [6.07, 6.45) is 2.94. The van der Waals surface area contributed by atoms with Gasteiger partial charge < -0.3 is 9.47 Å². The fourth-order valence-corrected chi connectivity index (χ4v) is 2.31. The summed E-state index contributed by atoms with van der Waals surface area (Å²) in [6.45, 7) is 0.575. The number of carbonyl (C=O) groups excluding carboxylic acids is 1. The molecule has 2 heterocycles. The SMILES string of the molecule is O=C1C=C(c2ccc(F)cc2)C2(CCCO2)O1. The van der Waals surface area contributed by atoms with Crippen molar-refractivity contribution in [3.63, 3.8) is 0 Å². The molecule has 2 aliphatic heterocycles. The van der Waals surface area contributed by atoms with Gasteiger partial charge in [-0.05, 0) is 24.1 Å². The van der Waals surface area contributed by atoms with Gasteiger partial charge in [0.15, 0.2) is 0 Å². The summed E-state index contributed by atoms with van der Waals surface area (Å²) < 4.78 is 23.7. The molecule has 0 saturated carbocycles. The van der Waals surface area contributed by atoms with E-state index in [0.717, 1.165) is 12.0 Å². The van der Waals surface area contributed by atoms with Crippen LogP contribution in [0.4, 0.5) is 4.39 Å². The van der Waals surface area contributed by atoms with E-state index in [4.69, 9.17) is 9.47 Å². The van der Waals surface area contributed by atoms with Crippen LogP contribution in [-0.2, 0) is 14.3 Å². The molecule has 1 aromatic carbocycles. The van der Waals surface area contributed by atoms with Gasteiger partial charge in [-0.1, -0.05) is 12.1 Å². The molecule has 17 heavy (non-hydrogen) atoms. The topological polar surface area (TPSA) is 35.5 Å². The van der Waals surface area contributed by atoms with Gasteiger partial charge in [0, 0.05) is 18.1 Å². The first-order valence-corrected chi connectivity index (χ1v) is 5.55. The predicted octanol–water partition coefficient (Wildman–Crippen LogP) is 2.27. The van der Waals surface area contributed by atoms with Crippen LogP contribution in [0.2, 0.25) is 0 Å². The monoisotopic (exact) mass is 234 g/mol. The van der Waals surface area contributed by atoms with Gasteiger partial charge in [0.25, 0.3) is 0 Å². The van der Waals surface area contributed by atoms with E-state index in [2.05, 4.69) is 0 Å². The van der Waals surface area contributed by atoms with Crippen LogP contribution >= 0.6 is 0 Å². The van der Waals surface area contributed by atoms with Gasteiger partial charge in [-0.2, -0.15) is 0 Å². The number of benzene rings is 1. The summed E-state index contributed by atoms with van der Waals surface area (Å²) in [5, 5.41) is 0. The second-order valence-electron chi connectivity index (χ2n) is 4.19. The van der Waals surface area contributed by atoms with Gasteiger partial charge in [-0.3, -0.25) is 0 Å². The van der Waals surface area contributed by atoms with E-state index in [0.29, 0.717) is 18.6 Å². The van der Waals surface area contributed by atoms with Gasteiger partial charge >= 0.3 is 5.97 Å². The molecule has 0 radical (unpaired) electrons. The van der Waals surface area contributed by atoms with Crippen molar-refractivity contribution in [2.45, 2.75) is 18.6 Å². The zero-order valence-corrected chi connectivity index (χ0v) is 9.11. The van der Waals surface area contributed by atoms with E-state index in [-0.39, 0.29) is 5.82 Å². The Balaban J connectivity index is 2.03. The molecule has 0 amide bonds. The highest BCUT2D eigenvalue weighted by Crippen LogP contribution is 2.43. The third kappa shape index (κ3) is 1.65. The summed E-state index contributed by atoms with van der Waals surface area (Å²) in [4.78, 5) is 11.4. The quantitative estimate of drug-likeness (QED) is 0.699. The second-order valence-corrected chi connectivity index (χ2v) is 4.19. The van der Waals surface area contributed by atoms with Crippen molar-refractivity contribution >= 4 is 11.5 Å². The first-order chi connectivity index (χ1) is 8.20. The Morgan fingerprint density at radius 2 is 2.00 bits per heavy atom. The summed E-state index contributed by atoms with van der Waals surface area (Å²) in [5.41, 5.74) is 1.46. The van der Waals surface area contributed by atoms with Crippen molar-refractivity contribution in [3.8, 4) is 0 Å². The second kappa shape index (κ2) is 3.67. The Labute approximate surface area is 97.8 Å². The molecule has 1 fully saturated rings. The average molecular weight is 234 g/mol. The normalized spacial score (nSPS) is 27.4. The molecule has 1 aromatic rings. The van der Waals surface area contributed by atoms with E-state index < -0.39 is 11.8 Å². The number of carbonyl (C=O) groups is 1. The lowest BCUT2D eigenvalue weighted by Crippen LogP contribution is -2.30. The zero-order chi connectivity index (χ0) is 11.9. The smallest absolute Gasteiger partial charge is 0.334 e. The van der Waals surface area contributed by atoms with Crippen LogP contribution in [-0.4, -0.2) is 18.4 Å². The van der Waals surface area contributed by atoms with E-state index in [9.17, 15) is 9.18 Å². The number of esters is 1. The predicted molar refractivity (Wildman–Crippen MR) is 58.4 cm³/mol. The van der Waals surface area contributed by atoms with Crippen molar-refractivity contribution in [2.75, 3.05) is 6.61 Å². The van der Waals surface area contributed by atoms with Gasteiger partial charge in [0.2, 0.25) is 5.79 Å². The standard InChI is InChI=1S/C13H11FO3/c14-10-4-2-9(3-5-10)11-8-12(15)17-13(11)6-1-7-16-13/h2-5,8H,1,6-7H2. The fourth-order valence-electron chi connectivity index (χ4n) is 2.31. The van der Waals surface area contributed by atoms with Gasteiger partial charge in [-0.15, -0.1) is 0 Å². The molecule has 3 rings (SSSR count). The molecule has 0 aliphatic carbocycles. The summed E-state index contributed by atoms with van der Waals surface area (Å²) in [6, 6.07) is 5.99. The Morgan fingerprint density at radius 1 is 1.24 bits per heavy atom. The van der Waals surface area contributed by atoms with E-state index >= 15 is 0 Å². The van der Waals surface area contributed by atoms with Crippen LogP contribution in [0.25, 0.3) is 5.57 Å². The fraction of sp³-hybridized carbons (Fsp3) is 0.308. The molecule has 4 heteroatoms. The molecule has 2 aliphatic rings. The largest absolute Gasteiger partial charge is 0.425 e. The third-order valence-electron chi connectivity index (χ3n) is 3.08. The van der Waals surface area contributed by atoms with Gasteiger partial charge in [0.1, 0.15) is 5.82 Å². The summed E-state index contributed by atoms with van der Waals surface area (Å²) in [7, 11) is 0. The maximum Gasteiger partial charge on any atom is 0.334 e. The van der Waals surface area contributed by atoms with Crippen molar-refractivity contribution in [1.82, 2.24) is 0 Å². The van der Waals surface area contributed by atoms with E-state index in [1.165, 1.54) is 18.2 Å². The molecule has 1 atom stereocenters. The highest BCUT2D eigenvalue weighted by atomic mass is 19.1. The first-order valence-electron chi connectivity index (χ1n) is 5.55. The zero-order valence-electron chi connectivity index (χ0n) is 9.11. The lowest BCUT2D eigenvalue weighted by atomic mass is 9.96. The van der Waals surface area contributed by atoms with Crippen LogP contribution in [0, 0.1) is 5.82 Å². The Kier molecular flexibility index (Phi) is 2.26. The molecular weight excluding hydrogens is 223 g/mol. The summed E-state index contributed by atoms with van der Waals surface area (Å²) in [5.74, 6) is -1.64. The first kappa shape index (κ1) is 10.5. The van der Waals surface area contributed by atoms with Crippen LogP contribution in [0.1, 0.15) is 18.4 Å². The molecule has 0 bridgehead atoms. The lowest BCUT2D eigenvalue weighted by Gasteiger charge is -2.25. The van der Waals surface area contributed by atoms with Crippen molar-refractivity contribution < 1.29 is 18.7 Å². The maximum absolute atomic E-state index is 12.9. The minimum atomic E-state index is -0.936. The molecular formula is C13H11FO3. The van der Waals surface area contributed by atoms with Crippen LogP contribution in [0.3, 0.4) is 0 Å². The van der Waals surface area contributed by atoms with Gasteiger partial charge in [0.05, 0.1) is 6.61 Å². The Bertz CT molecular complexity index is 484. The van der Waals surface area contributed by atoms with Crippen LogP contribution < -0.4 is 0 Å². The van der Waals surface area contributed by atoms with E-state index in [1.54, 1.807) is 12.1 Å². The molecule has 88 valence electrons. The Hall–Kier alpha value is -1.68. The molecule has 3 nitrogen and oxygen atoms in total. The summed E-state index contributed by atoms with van der Waals surface area (Å²) >= 11 is 0. The Morgan fingerprint density at radius 3 is 2.65 bits per heavy atom. The minimum Gasteiger partial charge on any atom is -0.425 e. The van der Waals surface area contributed by atoms with Crippen molar-refractivity contribution in [1.29, 1.82) is 0 Å². The maximum atomic E-state index is 12.9. The van der Waals surface area contributed by atoms with Crippen LogP contribution in [0.15, 0.2) is 30.3 Å². The molecule has 1 spiro atoms.